The number of nitrogens with zero attached hydrogens (tertiary/aromatic N) is 1. The second-order valence-electron chi connectivity index (χ2n) is 4.66. The monoisotopic (exact) mass is 291 g/mol. The Labute approximate surface area is 117 Å². The Bertz CT molecular complexity index is 396. The van der Waals surface area contributed by atoms with Gasteiger partial charge in [0, 0.05) is 19.6 Å². The zero-order chi connectivity index (χ0) is 15.0. The fraction of sp³-hybridized carbons (Fsp3) is 0.571. The molecule has 0 aliphatic heterocycles. The Morgan fingerprint density at radius 3 is 2.60 bits per heavy atom. The second-order valence-corrected chi connectivity index (χ2v) is 4.66. The van der Waals surface area contributed by atoms with Gasteiger partial charge in [-0.25, -0.2) is 0 Å². The van der Waals surface area contributed by atoms with Crippen molar-refractivity contribution in [3.05, 3.63) is 35.4 Å². The molecule has 1 rings (SSSR count). The van der Waals surface area contributed by atoms with E-state index in [9.17, 15) is 13.2 Å². The third kappa shape index (κ3) is 7.47. The van der Waals surface area contributed by atoms with Crippen LogP contribution >= 0.6 is 0 Å². The van der Waals surface area contributed by atoms with Crippen molar-refractivity contribution in [3.63, 3.8) is 0 Å². The van der Waals surface area contributed by atoms with Crippen LogP contribution in [-0.4, -0.2) is 49.1 Å². The third-order valence-corrected chi connectivity index (χ3v) is 2.72. The molecule has 1 aromatic carbocycles. The smallest absolute Gasteiger partial charge is 0.395 e. The molecule has 0 bridgehead atoms. The highest BCUT2D eigenvalue weighted by Crippen LogP contribution is 2.14. The Kier molecular flexibility index (Phi) is 6.98. The number of aryl methyl sites for hydroxylation is 1. The van der Waals surface area contributed by atoms with E-state index in [4.69, 9.17) is 5.11 Å². The van der Waals surface area contributed by atoms with E-state index in [0.29, 0.717) is 19.6 Å². The molecule has 0 amide bonds. The summed E-state index contributed by atoms with van der Waals surface area (Å²) in [7, 11) is 0. The van der Waals surface area contributed by atoms with Crippen molar-refractivity contribution in [1.82, 2.24) is 4.90 Å². The maximum absolute atomic E-state index is 11.9. The molecule has 0 saturated carbocycles. The summed E-state index contributed by atoms with van der Waals surface area (Å²) in [5.41, 5.74) is 2.19. The molecule has 0 aliphatic rings. The van der Waals surface area contributed by atoms with Crippen LogP contribution in [0.2, 0.25) is 0 Å². The van der Waals surface area contributed by atoms with E-state index in [1.165, 1.54) is 0 Å². The van der Waals surface area contributed by atoms with Crippen molar-refractivity contribution in [3.8, 4) is 0 Å². The lowest BCUT2D eigenvalue weighted by Gasteiger charge is -2.21. The number of hydrogen-bond donors (Lipinski definition) is 1. The number of rotatable bonds is 8. The second kappa shape index (κ2) is 8.24. The normalized spacial score (nSPS) is 12.1. The van der Waals surface area contributed by atoms with Gasteiger partial charge in [0.1, 0.15) is 6.61 Å². The predicted molar refractivity (Wildman–Crippen MR) is 70.4 cm³/mol. The van der Waals surface area contributed by atoms with E-state index in [1.54, 1.807) is 0 Å². The molecule has 3 nitrogen and oxygen atoms in total. The van der Waals surface area contributed by atoms with Gasteiger partial charge in [-0.05, 0) is 12.5 Å². The Hall–Kier alpha value is -1.11. The first kappa shape index (κ1) is 16.9. The third-order valence-electron chi connectivity index (χ3n) is 2.72. The van der Waals surface area contributed by atoms with Crippen molar-refractivity contribution in [1.29, 1.82) is 0 Å². The molecule has 0 spiro atoms. The average Bonchev–Trinajstić information content (AvgIpc) is 2.33. The molecule has 114 valence electrons. The highest BCUT2D eigenvalue weighted by Gasteiger charge is 2.27. The van der Waals surface area contributed by atoms with Gasteiger partial charge in [-0.3, -0.25) is 4.90 Å². The number of benzene rings is 1. The summed E-state index contributed by atoms with van der Waals surface area (Å²) in [6.45, 7) is 2.04. The Balaban J connectivity index is 2.40. The molecule has 1 N–H and O–H groups in total. The fourth-order valence-electron chi connectivity index (χ4n) is 1.86. The van der Waals surface area contributed by atoms with Gasteiger partial charge in [-0.1, -0.05) is 29.8 Å². The lowest BCUT2D eigenvalue weighted by Crippen LogP contribution is -2.31. The fourth-order valence-corrected chi connectivity index (χ4v) is 1.86. The quantitative estimate of drug-likeness (QED) is 0.746. The molecule has 0 aliphatic carbocycles. The van der Waals surface area contributed by atoms with E-state index >= 15 is 0 Å². The predicted octanol–water partition coefficient (Wildman–Crippen LogP) is 2.37. The van der Waals surface area contributed by atoms with Crippen LogP contribution < -0.4 is 0 Å². The Morgan fingerprint density at radius 2 is 2.00 bits per heavy atom. The van der Waals surface area contributed by atoms with Crippen LogP contribution in [0, 0.1) is 6.92 Å². The Morgan fingerprint density at radius 1 is 1.25 bits per heavy atom. The van der Waals surface area contributed by atoms with E-state index < -0.39 is 12.8 Å². The number of hydrogen-bond acceptors (Lipinski definition) is 3. The number of alkyl halides is 3. The lowest BCUT2D eigenvalue weighted by atomic mass is 10.1. The topological polar surface area (TPSA) is 32.7 Å². The molecule has 1 aromatic rings. The molecule has 0 atom stereocenters. The number of ether oxygens (including phenoxy) is 1. The highest BCUT2D eigenvalue weighted by atomic mass is 19.4. The first-order valence-electron chi connectivity index (χ1n) is 6.44. The minimum Gasteiger partial charge on any atom is -0.395 e. The number of aliphatic hydroxyl groups excluding tert-OH is 1. The maximum Gasteiger partial charge on any atom is 0.411 e. The van der Waals surface area contributed by atoms with Crippen molar-refractivity contribution < 1.29 is 23.0 Å². The zero-order valence-electron chi connectivity index (χ0n) is 11.5. The van der Waals surface area contributed by atoms with E-state index in [1.807, 2.05) is 36.1 Å². The molecule has 0 unspecified atom stereocenters. The number of halogens is 3. The molecular formula is C14H20F3NO2. The summed E-state index contributed by atoms with van der Waals surface area (Å²) in [5, 5.41) is 8.99. The lowest BCUT2D eigenvalue weighted by molar-refractivity contribution is -0.174. The van der Waals surface area contributed by atoms with Crippen LogP contribution in [0.1, 0.15) is 11.1 Å². The summed E-state index contributed by atoms with van der Waals surface area (Å²) in [5.74, 6) is 0. The minimum absolute atomic E-state index is 0.00861. The van der Waals surface area contributed by atoms with Gasteiger partial charge in [0.2, 0.25) is 0 Å². The van der Waals surface area contributed by atoms with Gasteiger partial charge in [0.15, 0.2) is 0 Å². The van der Waals surface area contributed by atoms with Crippen molar-refractivity contribution in [2.45, 2.75) is 19.6 Å². The average molecular weight is 291 g/mol. The summed E-state index contributed by atoms with van der Waals surface area (Å²) in [6, 6.07) is 7.88. The van der Waals surface area contributed by atoms with Gasteiger partial charge in [-0.2, -0.15) is 13.2 Å². The van der Waals surface area contributed by atoms with Gasteiger partial charge in [0.05, 0.1) is 13.2 Å². The van der Waals surface area contributed by atoms with E-state index in [2.05, 4.69) is 4.74 Å². The van der Waals surface area contributed by atoms with Gasteiger partial charge in [-0.15, -0.1) is 0 Å². The van der Waals surface area contributed by atoms with E-state index in [0.717, 1.165) is 11.1 Å². The van der Waals surface area contributed by atoms with Gasteiger partial charge < -0.3 is 9.84 Å². The van der Waals surface area contributed by atoms with Gasteiger partial charge >= 0.3 is 6.18 Å². The maximum atomic E-state index is 11.9. The molecule has 0 saturated heterocycles. The summed E-state index contributed by atoms with van der Waals surface area (Å²) >= 11 is 0. The summed E-state index contributed by atoms with van der Waals surface area (Å²) < 4.78 is 40.4. The van der Waals surface area contributed by atoms with Crippen molar-refractivity contribution in [2.24, 2.45) is 0 Å². The van der Waals surface area contributed by atoms with Gasteiger partial charge in [0.25, 0.3) is 0 Å². The summed E-state index contributed by atoms with van der Waals surface area (Å²) in [6.07, 6.45) is -4.29. The van der Waals surface area contributed by atoms with Crippen LogP contribution in [0.4, 0.5) is 13.2 Å². The largest absolute Gasteiger partial charge is 0.411 e. The molecule has 0 fully saturated rings. The SMILES string of the molecule is Cc1cccc(CN(CCO)CCOCC(F)(F)F)c1. The molecule has 0 heterocycles. The molecule has 0 aromatic heterocycles. The van der Waals surface area contributed by atoms with Crippen LogP contribution in [0.25, 0.3) is 0 Å². The molecular weight excluding hydrogens is 271 g/mol. The first-order chi connectivity index (χ1) is 9.40. The minimum atomic E-state index is -4.29. The summed E-state index contributed by atoms with van der Waals surface area (Å²) in [4.78, 5) is 1.87. The number of aliphatic hydroxyl groups is 1. The van der Waals surface area contributed by atoms with Crippen molar-refractivity contribution >= 4 is 0 Å². The van der Waals surface area contributed by atoms with Crippen LogP contribution in [-0.2, 0) is 11.3 Å². The van der Waals surface area contributed by atoms with Crippen LogP contribution in [0.15, 0.2) is 24.3 Å². The standard InChI is InChI=1S/C14H20F3NO2/c1-12-3-2-4-13(9-12)10-18(5-7-19)6-8-20-11-14(15,16)17/h2-4,9,19H,5-8,10-11H2,1H3. The molecule has 0 radical (unpaired) electrons. The highest BCUT2D eigenvalue weighted by molar-refractivity contribution is 5.22. The first-order valence-corrected chi connectivity index (χ1v) is 6.44. The zero-order valence-corrected chi connectivity index (χ0v) is 11.5. The van der Waals surface area contributed by atoms with Crippen molar-refractivity contribution in [2.75, 3.05) is 32.9 Å². The molecule has 6 heteroatoms. The molecule has 20 heavy (non-hydrogen) atoms. The van der Waals surface area contributed by atoms with Crippen LogP contribution in [0.3, 0.4) is 0 Å². The van der Waals surface area contributed by atoms with Crippen LogP contribution in [0.5, 0.6) is 0 Å². The van der Waals surface area contributed by atoms with E-state index in [-0.39, 0.29) is 13.2 Å².